The summed E-state index contributed by atoms with van der Waals surface area (Å²) in [5.74, 6) is -0.446. The van der Waals surface area contributed by atoms with Crippen LogP contribution in [0.3, 0.4) is 0 Å². The molecule has 0 radical (unpaired) electrons. The van der Waals surface area contributed by atoms with E-state index < -0.39 is 17.9 Å². The molecular weight excluding hydrogens is 353 g/mol. The Bertz CT molecular complexity index is 813. The number of Topliss-reactive ketones (excluding diaryl/α,β-unsaturated/α-hetero) is 1. The lowest BCUT2D eigenvalue weighted by Gasteiger charge is -2.08. The van der Waals surface area contributed by atoms with Crippen molar-refractivity contribution in [1.29, 1.82) is 0 Å². The largest absolute Gasteiger partial charge is 0.573 e. The molecule has 0 fully saturated rings. The summed E-state index contributed by atoms with van der Waals surface area (Å²) >= 11 is 0. The predicted molar refractivity (Wildman–Crippen MR) is 85.7 cm³/mol. The van der Waals surface area contributed by atoms with Crippen molar-refractivity contribution in [1.82, 2.24) is 0 Å². The average Bonchev–Trinajstić information content (AvgIpc) is 2.62. The molecule has 26 heavy (non-hydrogen) atoms. The molecule has 0 amide bonds. The molecule has 0 bridgehead atoms. The quantitative estimate of drug-likeness (QED) is 0.339. The second-order valence-electron chi connectivity index (χ2n) is 4.81. The Morgan fingerprint density at radius 1 is 1.04 bits per heavy atom. The highest BCUT2D eigenvalue weighted by Crippen LogP contribution is 2.25. The van der Waals surface area contributed by atoms with Gasteiger partial charge in [0.2, 0.25) is 5.78 Å². The van der Waals surface area contributed by atoms with Gasteiger partial charge in [0.15, 0.2) is 5.70 Å². The van der Waals surface area contributed by atoms with Crippen LogP contribution < -0.4 is 9.47 Å². The third kappa shape index (κ3) is 5.33. The second-order valence-corrected chi connectivity index (χ2v) is 4.81. The number of alkyl halides is 3. The normalized spacial score (nSPS) is 12.2. The van der Waals surface area contributed by atoms with Gasteiger partial charge in [0.05, 0.1) is 12.8 Å². The number of hydrogen-bond donors (Lipinski definition) is 1. The number of carbonyl (C=O) groups is 1. The van der Waals surface area contributed by atoms with Gasteiger partial charge in [-0.25, -0.2) is 0 Å². The maximum Gasteiger partial charge on any atom is 0.573 e. The van der Waals surface area contributed by atoms with Gasteiger partial charge in [-0.2, -0.15) is 5.11 Å². The number of ketones is 1. The number of aliphatic hydroxyl groups excluding tert-OH is 1. The van der Waals surface area contributed by atoms with Crippen molar-refractivity contribution in [2.45, 2.75) is 6.36 Å². The predicted octanol–water partition coefficient (Wildman–Crippen LogP) is 4.96. The van der Waals surface area contributed by atoms with Crippen LogP contribution in [0.4, 0.5) is 18.9 Å². The third-order valence-electron chi connectivity index (χ3n) is 3.05. The van der Waals surface area contributed by atoms with Crippen LogP contribution in [-0.2, 0) is 0 Å². The Hall–Kier alpha value is -3.36. The van der Waals surface area contributed by atoms with Crippen molar-refractivity contribution in [3.05, 3.63) is 66.1 Å². The molecule has 0 heterocycles. The highest BCUT2D eigenvalue weighted by Gasteiger charge is 2.30. The lowest BCUT2D eigenvalue weighted by atomic mass is 10.1. The van der Waals surface area contributed by atoms with Crippen LogP contribution in [0.1, 0.15) is 10.4 Å². The Labute approximate surface area is 146 Å². The number of methoxy groups -OCH3 is 1. The van der Waals surface area contributed by atoms with E-state index in [2.05, 4.69) is 15.0 Å². The van der Waals surface area contributed by atoms with Crippen LogP contribution in [-0.4, -0.2) is 24.4 Å². The summed E-state index contributed by atoms with van der Waals surface area (Å²) in [6.07, 6.45) is -4.29. The fourth-order valence-electron chi connectivity index (χ4n) is 1.85. The molecule has 2 aromatic carbocycles. The van der Waals surface area contributed by atoms with Gasteiger partial charge in [-0.3, -0.25) is 4.79 Å². The molecule has 0 unspecified atom stereocenters. The van der Waals surface area contributed by atoms with E-state index in [1.165, 1.54) is 31.4 Å². The topological polar surface area (TPSA) is 80.5 Å². The maximum absolute atomic E-state index is 12.2. The number of ether oxygens (including phenoxy) is 2. The molecule has 0 saturated heterocycles. The molecule has 6 nitrogen and oxygen atoms in total. The van der Waals surface area contributed by atoms with E-state index in [1.807, 2.05) is 0 Å². The average molecular weight is 366 g/mol. The zero-order valence-electron chi connectivity index (χ0n) is 13.4. The van der Waals surface area contributed by atoms with Crippen LogP contribution in [0.2, 0.25) is 0 Å². The number of nitrogens with zero attached hydrogens (tertiary/aromatic N) is 2. The number of carbonyl (C=O) groups excluding carboxylic acids is 1. The first-order valence-electron chi connectivity index (χ1n) is 7.13. The van der Waals surface area contributed by atoms with Gasteiger partial charge in [0.1, 0.15) is 17.8 Å². The lowest BCUT2D eigenvalue weighted by Crippen LogP contribution is -2.16. The molecule has 0 aliphatic carbocycles. The van der Waals surface area contributed by atoms with Crippen molar-refractivity contribution in [3.63, 3.8) is 0 Å². The minimum atomic E-state index is -4.79. The SMILES string of the molecule is COc1ccc(C(=O)/C(=C/O)N=Nc2ccc(OC(F)(F)F)cc2)cc1. The van der Waals surface area contributed by atoms with Crippen molar-refractivity contribution in [2.75, 3.05) is 7.11 Å². The summed E-state index contributed by atoms with van der Waals surface area (Å²) in [7, 11) is 1.48. The van der Waals surface area contributed by atoms with E-state index in [0.29, 0.717) is 12.0 Å². The summed E-state index contributed by atoms with van der Waals surface area (Å²) in [5.41, 5.74) is 0.0752. The minimum absolute atomic E-state index is 0.168. The molecule has 0 aliphatic rings. The Morgan fingerprint density at radius 3 is 2.12 bits per heavy atom. The second kappa shape index (κ2) is 8.15. The summed E-state index contributed by atoms with van der Waals surface area (Å²) in [6.45, 7) is 0. The molecule has 136 valence electrons. The summed E-state index contributed by atoms with van der Waals surface area (Å²) in [4.78, 5) is 12.2. The van der Waals surface area contributed by atoms with Crippen molar-refractivity contribution >= 4 is 11.5 Å². The number of aliphatic hydroxyl groups is 1. The van der Waals surface area contributed by atoms with E-state index in [4.69, 9.17) is 4.74 Å². The summed E-state index contributed by atoms with van der Waals surface area (Å²) in [5, 5.41) is 16.5. The standard InChI is InChI=1S/C17H13F3N2O4/c1-25-13-6-2-11(3-7-13)16(24)15(10-23)22-21-12-4-8-14(9-5-12)26-17(18,19)20/h2-10,23H,1H3/b15-10-,22-21?. The third-order valence-corrected chi connectivity index (χ3v) is 3.05. The monoisotopic (exact) mass is 366 g/mol. The van der Waals surface area contributed by atoms with Gasteiger partial charge in [0.25, 0.3) is 0 Å². The Morgan fingerprint density at radius 2 is 1.62 bits per heavy atom. The maximum atomic E-state index is 12.2. The minimum Gasteiger partial charge on any atom is -0.513 e. The molecule has 1 N–H and O–H groups in total. The number of azo groups is 1. The zero-order chi connectivity index (χ0) is 19.2. The first-order chi connectivity index (χ1) is 12.3. The Balaban J connectivity index is 2.10. The molecule has 0 atom stereocenters. The van der Waals surface area contributed by atoms with Crippen molar-refractivity contribution < 1.29 is 32.5 Å². The number of rotatable bonds is 6. The highest BCUT2D eigenvalue weighted by atomic mass is 19.4. The highest BCUT2D eigenvalue weighted by molar-refractivity contribution is 6.08. The lowest BCUT2D eigenvalue weighted by molar-refractivity contribution is -0.274. The van der Waals surface area contributed by atoms with E-state index in [1.54, 1.807) is 12.1 Å². The van der Waals surface area contributed by atoms with E-state index in [9.17, 15) is 23.1 Å². The number of hydrogen-bond acceptors (Lipinski definition) is 6. The molecular formula is C17H13F3N2O4. The smallest absolute Gasteiger partial charge is 0.513 e. The van der Waals surface area contributed by atoms with Gasteiger partial charge < -0.3 is 14.6 Å². The van der Waals surface area contributed by atoms with Crippen LogP contribution in [0.5, 0.6) is 11.5 Å². The van der Waals surface area contributed by atoms with Crippen LogP contribution in [0.15, 0.2) is 70.7 Å². The molecule has 0 aliphatic heterocycles. The summed E-state index contributed by atoms with van der Waals surface area (Å²) in [6, 6.07) is 10.7. The van der Waals surface area contributed by atoms with Gasteiger partial charge in [-0.15, -0.1) is 18.3 Å². The number of allylic oxidation sites excluding steroid dienone is 1. The van der Waals surface area contributed by atoms with Crippen LogP contribution >= 0.6 is 0 Å². The first-order valence-corrected chi connectivity index (χ1v) is 7.13. The first kappa shape index (κ1) is 19.0. The van der Waals surface area contributed by atoms with Gasteiger partial charge in [0, 0.05) is 5.56 Å². The molecule has 0 spiro atoms. The van der Waals surface area contributed by atoms with Crippen molar-refractivity contribution in [3.8, 4) is 11.5 Å². The van der Waals surface area contributed by atoms with E-state index >= 15 is 0 Å². The molecule has 0 saturated carbocycles. The van der Waals surface area contributed by atoms with Crippen LogP contribution in [0, 0.1) is 0 Å². The van der Waals surface area contributed by atoms with Crippen LogP contribution in [0.25, 0.3) is 0 Å². The van der Waals surface area contributed by atoms with Gasteiger partial charge in [-0.1, -0.05) is 0 Å². The zero-order valence-corrected chi connectivity index (χ0v) is 13.4. The fourth-order valence-corrected chi connectivity index (χ4v) is 1.85. The summed E-state index contributed by atoms with van der Waals surface area (Å²) < 4.78 is 45.0. The molecule has 0 aromatic heterocycles. The van der Waals surface area contributed by atoms with Crippen molar-refractivity contribution in [2.24, 2.45) is 10.2 Å². The number of halogens is 3. The van der Waals surface area contributed by atoms with Gasteiger partial charge >= 0.3 is 6.36 Å². The fraction of sp³-hybridized carbons (Fsp3) is 0.118. The Kier molecular flexibility index (Phi) is 5.94. The van der Waals surface area contributed by atoms with Gasteiger partial charge in [-0.05, 0) is 48.5 Å². The molecule has 9 heteroatoms. The molecule has 2 aromatic rings. The van der Waals surface area contributed by atoms with E-state index in [0.717, 1.165) is 12.1 Å². The van der Waals surface area contributed by atoms with E-state index in [-0.39, 0.29) is 16.9 Å². The molecule has 2 rings (SSSR count). The number of benzene rings is 2.